The summed E-state index contributed by atoms with van der Waals surface area (Å²) in [6.07, 6.45) is 7.78. The standard InChI is InChI=1S/C15H22ClNO/c1-18-12-7-8-13(14(16)10-12)15(17)9-11-5-3-2-4-6-11/h7-8,10-11,15H,2-6,9,17H2,1H3. The Hall–Kier alpha value is -0.730. The fourth-order valence-electron chi connectivity index (χ4n) is 2.84. The van der Waals surface area contributed by atoms with Crippen molar-refractivity contribution >= 4 is 11.6 Å². The molecule has 100 valence electrons. The molecule has 0 heterocycles. The molecule has 1 atom stereocenters. The van der Waals surface area contributed by atoms with Gasteiger partial charge in [-0.25, -0.2) is 0 Å². The van der Waals surface area contributed by atoms with E-state index in [4.69, 9.17) is 22.1 Å². The van der Waals surface area contributed by atoms with E-state index < -0.39 is 0 Å². The third-order valence-corrected chi connectivity index (χ3v) is 4.25. The molecule has 1 aliphatic carbocycles. The molecular formula is C15H22ClNO. The summed E-state index contributed by atoms with van der Waals surface area (Å²) in [4.78, 5) is 0. The van der Waals surface area contributed by atoms with Crippen molar-refractivity contribution in [3.63, 3.8) is 0 Å². The molecule has 0 spiro atoms. The second-order valence-corrected chi connectivity index (χ2v) is 5.64. The zero-order chi connectivity index (χ0) is 13.0. The Bertz CT molecular complexity index is 388. The molecule has 0 aliphatic heterocycles. The summed E-state index contributed by atoms with van der Waals surface area (Å²) >= 11 is 6.26. The number of hydrogen-bond donors (Lipinski definition) is 1. The number of hydrogen-bond acceptors (Lipinski definition) is 2. The average molecular weight is 268 g/mol. The maximum Gasteiger partial charge on any atom is 0.120 e. The van der Waals surface area contributed by atoms with Crippen molar-refractivity contribution in [1.82, 2.24) is 0 Å². The molecule has 0 saturated heterocycles. The Morgan fingerprint density at radius 2 is 2.06 bits per heavy atom. The first-order valence-electron chi connectivity index (χ1n) is 6.79. The lowest BCUT2D eigenvalue weighted by molar-refractivity contribution is 0.319. The van der Waals surface area contributed by atoms with E-state index in [2.05, 4.69) is 0 Å². The van der Waals surface area contributed by atoms with Crippen LogP contribution in [0.25, 0.3) is 0 Å². The second kappa shape index (κ2) is 6.44. The van der Waals surface area contributed by atoms with Crippen LogP contribution in [0.4, 0.5) is 0 Å². The summed E-state index contributed by atoms with van der Waals surface area (Å²) in [5.74, 6) is 1.56. The average Bonchev–Trinajstić information content (AvgIpc) is 2.39. The van der Waals surface area contributed by atoms with Crippen LogP contribution >= 0.6 is 11.6 Å². The molecule has 1 saturated carbocycles. The van der Waals surface area contributed by atoms with Gasteiger partial charge in [0.25, 0.3) is 0 Å². The van der Waals surface area contributed by atoms with Crippen molar-refractivity contribution in [3.05, 3.63) is 28.8 Å². The fourth-order valence-corrected chi connectivity index (χ4v) is 3.16. The highest BCUT2D eigenvalue weighted by atomic mass is 35.5. The van der Waals surface area contributed by atoms with Gasteiger partial charge in [-0.2, -0.15) is 0 Å². The first-order chi connectivity index (χ1) is 8.70. The first-order valence-corrected chi connectivity index (χ1v) is 7.17. The highest BCUT2D eigenvalue weighted by Gasteiger charge is 2.19. The van der Waals surface area contributed by atoms with Crippen LogP contribution < -0.4 is 10.5 Å². The minimum absolute atomic E-state index is 0.0477. The molecule has 1 aliphatic rings. The van der Waals surface area contributed by atoms with E-state index in [1.165, 1.54) is 32.1 Å². The SMILES string of the molecule is COc1ccc(C(N)CC2CCCCC2)c(Cl)c1. The lowest BCUT2D eigenvalue weighted by Gasteiger charge is -2.25. The molecule has 1 fully saturated rings. The molecule has 3 heteroatoms. The van der Waals surface area contributed by atoms with Crippen LogP contribution in [0, 0.1) is 5.92 Å². The largest absolute Gasteiger partial charge is 0.497 e. The van der Waals surface area contributed by atoms with Gasteiger partial charge in [0.2, 0.25) is 0 Å². The molecule has 1 unspecified atom stereocenters. The Morgan fingerprint density at radius 1 is 1.33 bits per heavy atom. The first kappa shape index (κ1) is 13.7. The third kappa shape index (κ3) is 3.39. The predicted octanol–water partition coefficient (Wildman–Crippen LogP) is 4.32. The van der Waals surface area contributed by atoms with E-state index in [9.17, 15) is 0 Å². The molecule has 0 aromatic heterocycles. The summed E-state index contributed by atoms with van der Waals surface area (Å²) in [6, 6.07) is 5.82. The molecule has 2 rings (SSSR count). The maximum atomic E-state index is 6.29. The molecule has 0 amide bonds. The minimum Gasteiger partial charge on any atom is -0.497 e. The number of rotatable bonds is 4. The number of methoxy groups -OCH3 is 1. The molecule has 0 radical (unpaired) electrons. The molecule has 2 nitrogen and oxygen atoms in total. The monoisotopic (exact) mass is 267 g/mol. The predicted molar refractivity (Wildman–Crippen MR) is 76.1 cm³/mol. The van der Waals surface area contributed by atoms with Crippen molar-refractivity contribution in [2.45, 2.75) is 44.6 Å². The Labute approximate surface area is 114 Å². The van der Waals surface area contributed by atoms with Crippen LogP contribution in [0.5, 0.6) is 5.75 Å². The van der Waals surface area contributed by atoms with Gasteiger partial charge >= 0.3 is 0 Å². The lowest BCUT2D eigenvalue weighted by Crippen LogP contribution is -2.17. The van der Waals surface area contributed by atoms with Crippen molar-refractivity contribution in [2.75, 3.05) is 7.11 Å². The summed E-state index contributed by atoms with van der Waals surface area (Å²) in [6.45, 7) is 0. The number of nitrogens with two attached hydrogens (primary N) is 1. The smallest absolute Gasteiger partial charge is 0.120 e. The van der Waals surface area contributed by atoms with E-state index in [0.717, 1.165) is 28.7 Å². The fraction of sp³-hybridized carbons (Fsp3) is 0.600. The van der Waals surface area contributed by atoms with Crippen LogP contribution in [-0.2, 0) is 0 Å². The van der Waals surface area contributed by atoms with E-state index in [1.807, 2.05) is 18.2 Å². The summed E-state index contributed by atoms with van der Waals surface area (Å²) in [7, 11) is 1.65. The lowest BCUT2D eigenvalue weighted by atomic mass is 9.83. The van der Waals surface area contributed by atoms with Crippen LogP contribution in [0.3, 0.4) is 0 Å². The topological polar surface area (TPSA) is 35.2 Å². The van der Waals surface area contributed by atoms with Crippen LogP contribution in [0.15, 0.2) is 18.2 Å². The maximum absolute atomic E-state index is 6.29. The summed E-state index contributed by atoms with van der Waals surface area (Å²) < 4.78 is 5.15. The highest BCUT2D eigenvalue weighted by molar-refractivity contribution is 6.31. The van der Waals surface area contributed by atoms with Crippen molar-refractivity contribution < 1.29 is 4.74 Å². The zero-order valence-electron chi connectivity index (χ0n) is 11.0. The van der Waals surface area contributed by atoms with E-state index in [-0.39, 0.29) is 6.04 Å². The molecular weight excluding hydrogens is 246 g/mol. The number of ether oxygens (including phenoxy) is 1. The Kier molecular flexibility index (Phi) is 4.90. The van der Waals surface area contributed by atoms with Gasteiger partial charge in [0, 0.05) is 11.1 Å². The number of benzene rings is 1. The Balaban J connectivity index is 2.01. The van der Waals surface area contributed by atoms with Gasteiger partial charge in [0.15, 0.2) is 0 Å². The molecule has 1 aromatic rings. The van der Waals surface area contributed by atoms with Gasteiger partial charge in [-0.1, -0.05) is 49.8 Å². The van der Waals surface area contributed by atoms with Crippen LogP contribution in [0.2, 0.25) is 5.02 Å². The molecule has 2 N–H and O–H groups in total. The van der Waals surface area contributed by atoms with Crippen molar-refractivity contribution in [3.8, 4) is 5.75 Å². The van der Waals surface area contributed by atoms with Crippen molar-refractivity contribution in [2.24, 2.45) is 11.7 Å². The van der Waals surface area contributed by atoms with Gasteiger partial charge in [-0.3, -0.25) is 0 Å². The van der Waals surface area contributed by atoms with Crippen LogP contribution in [0.1, 0.15) is 50.1 Å². The normalized spacial score (nSPS) is 18.6. The van der Waals surface area contributed by atoms with Gasteiger partial charge in [-0.05, 0) is 30.0 Å². The third-order valence-electron chi connectivity index (χ3n) is 3.92. The zero-order valence-corrected chi connectivity index (χ0v) is 11.7. The summed E-state index contributed by atoms with van der Waals surface area (Å²) in [5.41, 5.74) is 7.34. The van der Waals surface area contributed by atoms with Gasteiger partial charge in [0.05, 0.1) is 7.11 Å². The van der Waals surface area contributed by atoms with E-state index in [0.29, 0.717) is 0 Å². The number of halogens is 1. The molecule has 1 aromatic carbocycles. The van der Waals surface area contributed by atoms with E-state index in [1.54, 1.807) is 7.11 Å². The summed E-state index contributed by atoms with van der Waals surface area (Å²) in [5, 5.41) is 0.720. The second-order valence-electron chi connectivity index (χ2n) is 5.23. The molecule has 18 heavy (non-hydrogen) atoms. The Morgan fingerprint density at radius 3 is 2.67 bits per heavy atom. The minimum atomic E-state index is 0.0477. The van der Waals surface area contributed by atoms with E-state index >= 15 is 0 Å². The van der Waals surface area contributed by atoms with Crippen LogP contribution in [-0.4, -0.2) is 7.11 Å². The van der Waals surface area contributed by atoms with Gasteiger partial charge in [-0.15, -0.1) is 0 Å². The molecule has 0 bridgehead atoms. The highest BCUT2D eigenvalue weighted by Crippen LogP contribution is 2.34. The van der Waals surface area contributed by atoms with Gasteiger partial charge < -0.3 is 10.5 Å². The quantitative estimate of drug-likeness (QED) is 0.882. The van der Waals surface area contributed by atoms with Gasteiger partial charge in [0.1, 0.15) is 5.75 Å². The van der Waals surface area contributed by atoms with Crippen molar-refractivity contribution in [1.29, 1.82) is 0 Å².